The second-order valence-corrected chi connectivity index (χ2v) is 5.01. The number of phenolic OH excluding ortho intramolecular Hbond substituents is 1. The van der Waals surface area contributed by atoms with Gasteiger partial charge in [-0.2, -0.15) is 0 Å². The molecule has 0 saturated carbocycles. The summed E-state index contributed by atoms with van der Waals surface area (Å²) < 4.78 is 5.07. The molecule has 0 aliphatic carbocycles. The molecule has 1 amide bonds. The monoisotopic (exact) mass is 277 g/mol. The molecule has 0 bridgehead atoms. The first-order chi connectivity index (χ1) is 9.58. The summed E-state index contributed by atoms with van der Waals surface area (Å²) in [5.41, 5.74) is 0.751. The van der Waals surface area contributed by atoms with E-state index in [0.717, 1.165) is 31.5 Å². The Balaban J connectivity index is 1.84. The first-order valence-corrected chi connectivity index (χ1v) is 6.81. The maximum Gasteiger partial charge on any atom is 0.313 e. The van der Waals surface area contributed by atoms with Gasteiger partial charge >= 0.3 is 5.97 Å². The van der Waals surface area contributed by atoms with Gasteiger partial charge < -0.3 is 14.7 Å². The molecule has 1 N–H and O–H groups in total. The van der Waals surface area contributed by atoms with Crippen LogP contribution in [0.4, 0.5) is 0 Å². The van der Waals surface area contributed by atoms with Crippen molar-refractivity contribution in [2.45, 2.75) is 25.7 Å². The summed E-state index contributed by atoms with van der Waals surface area (Å²) in [6.45, 7) is 3.03. The van der Waals surface area contributed by atoms with Crippen molar-refractivity contribution in [3.8, 4) is 5.75 Å². The van der Waals surface area contributed by atoms with E-state index in [9.17, 15) is 14.7 Å². The molecule has 2 rings (SSSR count). The SMILES string of the molecule is CC(C(=O)OCC(=O)N1CCCC1)c1ccc(O)cc1. The van der Waals surface area contributed by atoms with E-state index in [4.69, 9.17) is 4.74 Å². The zero-order chi connectivity index (χ0) is 14.5. The third-order valence-electron chi connectivity index (χ3n) is 3.54. The largest absolute Gasteiger partial charge is 0.508 e. The number of likely N-dealkylation sites (tertiary alicyclic amines) is 1. The summed E-state index contributed by atoms with van der Waals surface area (Å²) in [6.07, 6.45) is 2.03. The molecule has 0 spiro atoms. The predicted octanol–water partition coefficient (Wildman–Crippen LogP) is 1.66. The molecule has 1 fully saturated rings. The van der Waals surface area contributed by atoms with Crippen molar-refractivity contribution in [3.05, 3.63) is 29.8 Å². The van der Waals surface area contributed by atoms with Crippen LogP contribution in [0.1, 0.15) is 31.2 Å². The minimum absolute atomic E-state index is 0.131. The number of nitrogens with zero attached hydrogens (tertiary/aromatic N) is 1. The lowest BCUT2D eigenvalue weighted by Gasteiger charge is -2.16. The quantitative estimate of drug-likeness (QED) is 0.850. The van der Waals surface area contributed by atoms with E-state index in [-0.39, 0.29) is 18.3 Å². The van der Waals surface area contributed by atoms with Crippen molar-refractivity contribution >= 4 is 11.9 Å². The molecule has 1 aliphatic rings. The Kier molecular flexibility index (Phi) is 4.61. The standard InChI is InChI=1S/C15H19NO4/c1-11(12-4-6-13(17)7-5-12)15(19)20-10-14(18)16-8-2-3-9-16/h4-7,11,17H,2-3,8-10H2,1H3. The molecule has 5 heteroatoms. The zero-order valence-corrected chi connectivity index (χ0v) is 11.5. The zero-order valence-electron chi connectivity index (χ0n) is 11.5. The summed E-state index contributed by atoms with van der Waals surface area (Å²) in [4.78, 5) is 25.4. The van der Waals surface area contributed by atoms with Crippen molar-refractivity contribution in [3.63, 3.8) is 0 Å². The number of aromatic hydroxyl groups is 1. The maximum absolute atomic E-state index is 11.9. The number of hydrogen-bond acceptors (Lipinski definition) is 4. The summed E-state index contributed by atoms with van der Waals surface area (Å²) >= 11 is 0. The van der Waals surface area contributed by atoms with Gasteiger partial charge in [-0.15, -0.1) is 0 Å². The topological polar surface area (TPSA) is 66.8 Å². The molecular weight excluding hydrogens is 258 g/mol. The second kappa shape index (κ2) is 6.41. The fraction of sp³-hybridized carbons (Fsp3) is 0.467. The molecule has 1 saturated heterocycles. The first-order valence-electron chi connectivity index (χ1n) is 6.81. The van der Waals surface area contributed by atoms with Gasteiger partial charge in [0.15, 0.2) is 6.61 Å². The van der Waals surface area contributed by atoms with Crippen molar-refractivity contribution < 1.29 is 19.4 Å². The molecule has 0 aromatic heterocycles. The van der Waals surface area contributed by atoms with E-state index >= 15 is 0 Å². The molecule has 1 aromatic rings. The number of carbonyl (C=O) groups is 2. The minimum atomic E-state index is -0.457. The number of benzene rings is 1. The lowest BCUT2D eigenvalue weighted by atomic mass is 10.0. The Hall–Kier alpha value is -2.04. The number of amides is 1. The van der Waals surface area contributed by atoms with Gasteiger partial charge in [-0.25, -0.2) is 0 Å². The van der Waals surface area contributed by atoms with Gasteiger partial charge in [-0.3, -0.25) is 9.59 Å². The highest BCUT2D eigenvalue weighted by Gasteiger charge is 2.22. The van der Waals surface area contributed by atoms with Gasteiger partial charge in [0.05, 0.1) is 5.92 Å². The highest BCUT2D eigenvalue weighted by atomic mass is 16.5. The Morgan fingerprint density at radius 2 is 1.85 bits per heavy atom. The molecule has 1 aliphatic heterocycles. The number of phenols is 1. The van der Waals surface area contributed by atoms with Crippen molar-refractivity contribution in [1.29, 1.82) is 0 Å². The van der Waals surface area contributed by atoms with Crippen molar-refractivity contribution in [2.75, 3.05) is 19.7 Å². The third-order valence-corrected chi connectivity index (χ3v) is 3.54. The molecule has 1 aromatic carbocycles. The van der Waals surface area contributed by atoms with E-state index in [2.05, 4.69) is 0 Å². The highest BCUT2D eigenvalue weighted by Crippen LogP contribution is 2.19. The lowest BCUT2D eigenvalue weighted by Crippen LogP contribution is -2.32. The van der Waals surface area contributed by atoms with Crippen LogP contribution in [-0.4, -0.2) is 41.6 Å². The first kappa shape index (κ1) is 14.4. The van der Waals surface area contributed by atoms with Crippen LogP contribution in [0, 0.1) is 0 Å². The van der Waals surface area contributed by atoms with Crippen LogP contribution in [0.2, 0.25) is 0 Å². The Labute approximate surface area is 118 Å². The van der Waals surface area contributed by atoms with E-state index in [1.165, 1.54) is 12.1 Å². The number of esters is 1. The molecule has 20 heavy (non-hydrogen) atoms. The van der Waals surface area contributed by atoms with Gasteiger partial charge in [0.1, 0.15) is 5.75 Å². The summed E-state index contributed by atoms with van der Waals surface area (Å²) in [6, 6.07) is 6.39. The number of hydrogen-bond donors (Lipinski definition) is 1. The highest BCUT2D eigenvalue weighted by molar-refractivity contribution is 5.83. The summed E-state index contributed by atoms with van der Waals surface area (Å²) in [5, 5.41) is 9.21. The average Bonchev–Trinajstić information content (AvgIpc) is 2.98. The van der Waals surface area contributed by atoms with Crippen LogP contribution in [0.15, 0.2) is 24.3 Å². The number of ether oxygens (including phenoxy) is 1. The van der Waals surface area contributed by atoms with Gasteiger partial charge in [-0.1, -0.05) is 12.1 Å². The minimum Gasteiger partial charge on any atom is -0.508 e. The maximum atomic E-state index is 11.9. The van der Waals surface area contributed by atoms with Gasteiger partial charge in [-0.05, 0) is 37.5 Å². The number of rotatable bonds is 4. The third kappa shape index (κ3) is 3.50. The average molecular weight is 277 g/mol. The van der Waals surface area contributed by atoms with E-state index in [1.54, 1.807) is 24.0 Å². The molecule has 5 nitrogen and oxygen atoms in total. The van der Waals surface area contributed by atoms with Crippen LogP contribution < -0.4 is 0 Å². The molecule has 1 unspecified atom stereocenters. The van der Waals surface area contributed by atoms with Gasteiger partial charge in [0, 0.05) is 13.1 Å². The van der Waals surface area contributed by atoms with E-state index in [1.807, 2.05) is 0 Å². The Bertz CT molecular complexity index is 477. The fourth-order valence-corrected chi connectivity index (χ4v) is 2.21. The Morgan fingerprint density at radius 1 is 1.25 bits per heavy atom. The normalized spacial score (nSPS) is 15.9. The van der Waals surface area contributed by atoms with Crippen molar-refractivity contribution in [1.82, 2.24) is 4.90 Å². The Morgan fingerprint density at radius 3 is 2.45 bits per heavy atom. The second-order valence-electron chi connectivity index (χ2n) is 5.01. The van der Waals surface area contributed by atoms with Crippen molar-refractivity contribution in [2.24, 2.45) is 0 Å². The van der Waals surface area contributed by atoms with Gasteiger partial charge in [0.25, 0.3) is 5.91 Å². The lowest BCUT2D eigenvalue weighted by molar-refractivity contribution is -0.152. The van der Waals surface area contributed by atoms with E-state index < -0.39 is 11.9 Å². The summed E-state index contributed by atoms with van der Waals surface area (Å²) in [7, 11) is 0. The molecule has 108 valence electrons. The predicted molar refractivity (Wildman–Crippen MR) is 73.3 cm³/mol. The smallest absolute Gasteiger partial charge is 0.313 e. The number of carbonyl (C=O) groups excluding carboxylic acids is 2. The summed E-state index contributed by atoms with van der Waals surface area (Å²) in [5.74, 6) is -0.863. The molecule has 1 heterocycles. The van der Waals surface area contributed by atoms with Crippen LogP contribution in [0.25, 0.3) is 0 Å². The fourth-order valence-electron chi connectivity index (χ4n) is 2.21. The van der Waals surface area contributed by atoms with Crippen LogP contribution in [-0.2, 0) is 14.3 Å². The molecular formula is C15H19NO4. The van der Waals surface area contributed by atoms with Crippen LogP contribution in [0.3, 0.4) is 0 Å². The van der Waals surface area contributed by atoms with Crippen LogP contribution >= 0.6 is 0 Å². The molecule has 0 radical (unpaired) electrons. The molecule has 1 atom stereocenters. The van der Waals surface area contributed by atoms with Crippen LogP contribution in [0.5, 0.6) is 5.75 Å². The van der Waals surface area contributed by atoms with E-state index in [0.29, 0.717) is 0 Å². The van der Waals surface area contributed by atoms with Gasteiger partial charge in [0.2, 0.25) is 0 Å².